The van der Waals surface area contributed by atoms with Gasteiger partial charge >= 0.3 is 12.1 Å². The largest absolute Gasteiger partial charge is 0.453 e. The number of methoxy groups -OCH3 is 1. The number of piperidine rings is 1. The first-order valence-corrected chi connectivity index (χ1v) is 10.4. The second-order valence-electron chi connectivity index (χ2n) is 7.88. The first-order valence-electron chi connectivity index (χ1n) is 10.0. The molecule has 2 atom stereocenters. The molecule has 1 aliphatic carbocycles. The summed E-state index contributed by atoms with van der Waals surface area (Å²) < 4.78 is 10.2. The van der Waals surface area contributed by atoms with Gasteiger partial charge in [-0.05, 0) is 37.5 Å². The minimum atomic E-state index is -0.443. The third-order valence-corrected chi connectivity index (χ3v) is 5.92. The molecule has 2 heterocycles. The zero-order valence-electron chi connectivity index (χ0n) is 16.7. The van der Waals surface area contributed by atoms with E-state index in [0.717, 1.165) is 18.2 Å². The smallest absolute Gasteiger partial charge is 0.409 e. The number of aliphatic hydroxyl groups is 1. The van der Waals surface area contributed by atoms with E-state index in [1.54, 1.807) is 17.0 Å². The first kappa shape index (κ1) is 20.7. The number of amides is 3. The standard InChI is InChI=1S/C20H25ClN4O5/c1-29-20(28)24-9-12(11-26)6-15(10-24)25(14-3-4-14)19(27)22-8-18-16-5-2-13(21)7-17(16)23-30-18/h2,5,7,12,14-15,26H,3-4,6,8-11H2,1H3,(H,22,27)/t12-,15+/m0/s1. The van der Waals surface area contributed by atoms with Crippen LogP contribution in [0.3, 0.4) is 0 Å². The van der Waals surface area contributed by atoms with Crippen molar-refractivity contribution in [1.29, 1.82) is 0 Å². The van der Waals surface area contributed by atoms with Crippen LogP contribution >= 0.6 is 11.6 Å². The summed E-state index contributed by atoms with van der Waals surface area (Å²) in [6, 6.07) is 5.01. The van der Waals surface area contributed by atoms with Crippen molar-refractivity contribution in [3.8, 4) is 0 Å². The normalized spacial score (nSPS) is 21.5. The lowest BCUT2D eigenvalue weighted by molar-refractivity contribution is 0.0464. The number of urea groups is 1. The number of rotatable bonds is 5. The molecule has 3 amide bonds. The van der Waals surface area contributed by atoms with Gasteiger partial charge in [-0.25, -0.2) is 9.59 Å². The summed E-state index contributed by atoms with van der Waals surface area (Å²) in [4.78, 5) is 28.5. The Bertz CT molecular complexity index is 931. The van der Waals surface area contributed by atoms with E-state index in [9.17, 15) is 14.7 Å². The molecule has 0 radical (unpaired) electrons. The molecule has 30 heavy (non-hydrogen) atoms. The Hall–Kier alpha value is -2.52. The molecular weight excluding hydrogens is 412 g/mol. The molecule has 0 bridgehead atoms. The number of fused-ring (bicyclic) bond motifs is 1. The number of carbonyl (C=O) groups excluding carboxylic acids is 2. The monoisotopic (exact) mass is 436 g/mol. The zero-order chi connectivity index (χ0) is 21.3. The molecule has 2 aliphatic rings. The van der Waals surface area contributed by atoms with Gasteiger partial charge in [0.15, 0.2) is 5.76 Å². The zero-order valence-corrected chi connectivity index (χ0v) is 17.5. The molecule has 9 nitrogen and oxygen atoms in total. The maximum Gasteiger partial charge on any atom is 0.409 e. The van der Waals surface area contributed by atoms with Gasteiger partial charge in [-0.1, -0.05) is 16.8 Å². The van der Waals surface area contributed by atoms with Crippen LogP contribution in [0.25, 0.3) is 10.9 Å². The summed E-state index contributed by atoms with van der Waals surface area (Å²) >= 11 is 5.98. The van der Waals surface area contributed by atoms with Gasteiger partial charge < -0.3 is 29.5 Å². The van der Waals surface area contributed by atoms with Gasteiger partial charge in [0, 0.05) is 42.1 Å². The maximum atomic E-state index is 13.1. The molecule has 162 valence electrons. The van der Waals surface area contributed by atoms with Crippen LogP contribution in [0.1, 0.15) is 25.0 Å². The highest BCUT2D eigenvalue weighted by Gasteiger charge is 2.42. The fraction of sp³-hybridized carbons (Fsp3) is 0.550. The van der Waals surface area contributed by atoms with Crippen LogP contribution in [-0.4, -0.2) is 71.1 Å². The van der Waals surface area contributed by atoms with E-state index in [-0.39, 0.29) is 37.2 Å². The second-order valence-corrected chi connectivity index (χ2v) is 8.31. The van der Waals surface area contributed by atoms with E-state index in [0.29, 0.717) is 35.8 Å². The van der Waals surface area contributed by atoms with Gasteiger partial charge in [-0.15, -0.1) is 0 Å². The highest BCUT2D eigenvalue weighted by molar-refractivity contribution is 6.31. The molecule has 1 aromatic heterocycles. The van der Waals surface area contributed by atoms with Crippen molar-refractivity contribution >= 4 is 34.6 Å². The molecule has 2 fully saturated rings. The summed E-state index contributed by atoms with van der Waals surface area (Å²) in [6.45, 7) is 0.955. The van der Waals surface area contributed by atoms with Crippen LogP contribution < -0.4 is 5.32 Å². The molecule has 2 N–H and O–H groups in total. The highest BCUT2D eigenvalue weighted by Crippen LogP contribution is 2.33. The summed E-state index contributed by atoms with van der Waals surface area (Å²) in [5, 5.41) is 18.0. The van der Waals surface area contributed by atoms with Crippen molar-refractivity contribution in [2.45, 2.75) is 37.9 Å². The van der Waals surface area contributed by atoms with Gasteiger partial charge in [0.05, 0.1) is 19.7 Å². The predicted molar refractivity (Wildman–Crippen MR) is 109 cm³/mol. The van der Waals surface area contributed by atoms with Crippen LogP contribution in [0.2, 0.25) is 5.02 Å². The van der Waals surface area contributed by atoms with Crippen LogP contribution in [0, 0.1) is 5.92 Å². The number of ether oxygens (including phenoxy) is 1. The predicted octanol–water partition coefficient (Wildman–Crippen LogP) is 2.60. The second kappa shape index (κ2) is 8.69. The Morgan fingerprint density at radius 2 is 2.17 bits per heavy atom. The molecule has 2 aromatic rings. The average molecular weight is 437 g/mol. The molecule has 0 spiro atoms. The Kier molecular flexibility index (Phi) is 6.01. The number of nitrogens with one attached hydrogen (secondary N) is 1. The van der Waals surface area contributed by atoms with Gasteiger partial charge in [0.25, 0.3) is 0 Å². The first-order chi connectivity index (χ1) is 14.5. The van der Waals surface area contributed by atoms with Crippen molar-refractivity contribution in [2.75, 3.05) is 26.8 Å². The lowest BCUT2D eigenvalue weighted by Gasteiger charge is -2.41. The van der Waals surface area contributed by atoms with Crippen LogP contribution in [0.5, 0.6) is 0 Å². The molecule has 4 rings (SSSR count). The van der Waals surface area contributed by atoms with Crippen molar-refractivity contribution in [2.24, 2.45) is 5.92 Å². The van der Waals surface area contributed by atoms with Gasteiger partial charge in [-0.3, -0.25) is 0 Å². The number of carbonyl (C=O) groups is 2. The van der Waals surface area contributed by atoms with Crippen LogP contribution in [-0.2, 0) is 11.3 Å². The van der Waals surface area contributed by atoms with Gasteiger partial charge in [0.1, 0.15) is 5.52 Å². The molecule has 10 heteroatoms. The molecule has 1 saturated carbocycles. The summed E-state index contributed by atoms with van der Waals surface area (Å²) in [5.74, 6) is 0.457. The Balaban J connectivity index is 1.46. The highest BCUT2D eigenvalue weighted by atomic mass is 35.5. The lowest BCUT2D eigenvalue weighted by Crippen LogP contribution is -2.57. The van der Waals surface area contributed by atoms with Crippen molar-refractivity contribution < 1.29 is 24.0 Å². The van der Waals surface area contributed by atoms with Crippen LogP contribution in [0.4, 0.5) is 9.59 Å². The quantitative estimate of drug-likeness (QED) is 0.745. The molecule has 1 saturated heterocycles. The number of benzene rings is 1. The summed E-state index contributed by atoms with van der Waals surface area (Å²) in [5.41, 5.74) is 0.637. The van der Waals surface area contributed by atoms with Crippen LogP contribution in [0.15, 0.2) is 22.7 Å². The van der Waals surface area contributed by atoms with E-state index >= 15 is 0 Å². The number of hydrogen-bond donors (Lipinski definition) is 2. The minimum Gasteiger partial charge on any atom is -0.453 e. The number of hydrogen-bond acceptors (Lipinski definition) is 6. The molecule has 1 aliphatic heterocycles. The van der Waals surface area contributed by atoms with Gasteiger partial charge in [-0.2, -0.15) is 0 Å². The molecule has 1 aromatic carbocycles. The Labute approximate surface area is 178 Å². The number of nitrogens with zero attached hydrogens (tertiary/aromatic N) is 3. The number of likely N-dealkylation sites (tertiary alicyclic amines) is 1. The summed E-state index contributed by atoms with van der Waals surface area (Å²) in [6.07, 6.45) is 2.05. The molecular formula is C20H25ClN4O5. The fourth-order valence-electron chi connectivity index (χ4n) is 4.11. The fourth-order valence-corrected chi connectivity index (χ4v) is 4.28. The topological polar surface area (TPSA) is 108 Å². The van der Waals surface area contributed by atoms with Crippen molar-refractivity contribution in [3.63, 3.8) is 0 Å². The van der Waals surface area contributed by atoms with Gasteiger partial charge in [0.2, 0.25) is 0 Å². The number of aromatic nitrogens is 1. The Morgan fingerprint density at radius 3 is 2.87 bits per heavy atom. The number of aliphatic hydroxyl groups excluding tert-OH is 1. The Morgan fingerprint density at radius 1 is 1.37 bits per heavy atom. The third-order valence-electron chi connectivity index (χ3n) is 5.69. The third kappa shape index (κ3) is 4.32. The SMILES string of the molecule is COC(=O)N1C[C@@H](CO)C[C@@H](N(C(=O)NCc2onc3cc(Cl)ccc23)C2CC2)C1. The number of halogens is 1. The maximum absolute atomic E-state index is 13.1. The van der Waals surface area contributed by atoms with Crippen molar-refractivity contribution in [1.82, 2.24) is 20.3 Å². The average Bonchev–Trinajstić information content (AvgIpc) is 3.50. The van der Waals surface area contributed by atoms with E-state index in [4.69, 9.17) is 20.9 Å². The van der Waals surface area contributed by atoms with E-state index in [1.165, 1.54) is 7.11 Å². The summed E-state index contributed by atoms with van der Waals surface area (Å²) in [7, 11) is 1.33. The molecule has 0 unspecified atom stereocenters. The van der Waals surface area contributed by atoms with E-state index < -0.39 is 6.09 Å². The lowest BCUT2D eigenvalue weighted by atomic mass is 9.94. The van der Waals surface area contributed by atoms with E-state index in [2.05, 4.69) is 10.5 Å². The van der Waals surface area contributed by atoms with Crippen molar-refractivity contribution in [3.05, 3.63) is 29.0 Å². The van der Waals surface area contributed by atoms with E-state index in [1.807, 2.05) is 11.0 Å². The minimum absolute atomic E-state index is 0.0449.